The van der Waals surface area contributed by atoms with E-state index in [-0.39, 0.29) is 5.82 Å². The molecule has 0 aliphatic heterocycles. The smallest absolute Gasteiger partial charge is 0.125 e. The minimum Gasteiger partial charge on any atom is -0.379 e. The van der Waals surface area contributed by atoms with E-state index >= 15 is 0 Å². The van der Waals surface area contributed by atoms with Crippen LogP contribution >= 0.6 is 27.5 Å². The standard InChI is InChI=1S/C15H14BrClFN/c1-9-3-4-10(2)11(5-9)8-19-15-13(16)6-12(18)7-14(15)17/h3-7,19H,8H2,1-2H3. The van der Waals surface area contributed by atoms with Crippen LogP contribution in [0.2, 0.25) is 5.02 Å². The molecule has 2 aromatic carbocycles. The molecule has 2 rings (SSSR count). The lowest BCUT2D eigenvalue weighted by molar-refractivity contribution is 0.627. The fraction of sp³-hybridized carbons (Fsp3) is 0.200. The largest absolute Gasteiger partial charge is 0.379 e. The highest BCUT2D eigenvalue weighted by Crippen LogP contribution is 2.32. The number of hydrogen-bond donors (Lipinski definition) is 1. The molecule has 0 unspecified atom stereocenters. The highest BCUT2D eigenvalue weighted by molar-refractivity contribution is 9.10. The summed E-state index contributed by atoms with van der Waals surface area (Å²) in [6, 6.07) is 9.01. The third-order valence-electron chi connectivity index (χ3n) is 2.97. The minimum atomic E-state index is -0.353. The number of halogens is 3. The molecule has 19 heavy (non-hydrogen) atoms. The van der Waals surface area contributed by atoms with Gasteiger partial charge in [-0.3, -0.25) is 0 Å². The van der Waals surface area contributed by atoms with Crippen LogP contribution in [0.25, 0.3) is 0 Å². The van der Waals surface area contributed by atoms with Crippen molar-refractivity contribution in [1.82, 2.24) is 0 Å². The van der Waals surface area contributed by atoms with E-state index in [9.17, 15) is 4.39 Å². The SMILES string of the molecule is Cc1ccc(C)c(CNc2c(Cl)cc(F)cc2Br)c1. The molecule has 0 saturated carbocycles. The van der Waals surface area contributed by atoms with Crippen molar-refractivity contribution in [2.45, 2.75) is 20.4 Å². The van der Waals surface area contributed by atoms with Crippen molar-refractivity contribution >= 4 is 33.2 Å². The van der Waals surface area contributed by atoms with E-state index in [2.05, 4.69) is 53.3 Å². The Morgan fingerprint density at radius 1 is 1.21 bits per heavy atom. The third-order valence-corrected chi connectivity index (χ3v) is 3.89. The van der Waals surface area contributed by atoms with Crippen LogP contribution in [0.3, 0.4) is 0 Å². The molecule has 0 fully saturated rings. The van der Waals surface area contributed by atoms with Gasteiger partial charge in [-0.2, -0.15) is 0 Å². The minimum absolute atomic E-state index is 0.353. The van der Waals surface area contributed by atoms with E-state index in [1.165, 1.54) is 28.8 Å². The number of aryl methyl sites for hydroxylation is 2. The van der Waals surface area contributed by atoms with Gasteiger partial charge >= 0.3 is 0 Å². The molecule has 100 valence electrons. The Morgan fingerprint density at radius 2 is 1.95 bits per heavy atom. The maximum absolute atomic E-state index is 13.1. The van der Waals surface area contributed by atoms with E-state index < -0.39 is 0 Å². The first-order valence-electron chi connectivity index (χ1n) is 5.92. The molecule has 0 radical (unpaired) electrons. The van der Waals surface area contributed by atoms with E-state index in [1.807, 2.05) is 0 Å². The molecular weight excluding hydrogens is 329 g/mol. The average molecular weight is 343 g/mol. The predicted molar refractivity (Wildman–Crippen MR) is 82.4 cm³/mol. The lowest BCUT2D eigenvalue weighted by Crippen LogP contribution is -2.03. The zero-order valence-corrected chi connectivity index (χ0v) is 13.1. The van der Waals surface area contributed by atoms with Gasteiger partial charge in [0, 0.05) is 11.0 Å². The second kappa shape index (κ2) is 5.93. The first-order chi connectivity index (χ1) is 8.97. The zero-order valence-electron chi connectivity index (χ0n) is 10.7. The van der Waals surface area contributed by atoms with E-state index in [4.69, 9.17) is 11.6 Å². The van der Waals surface area contributed by atoms with Crippen molar-refractivity contribution in [1.29, 1.82) is 0 Å². The average Bonchev–Trinajstić information content (AvgIpc) is 2.32. The van der Waals surface area contributed by atoms with Gasteiger partial charge in [0.2, 0.25) is 0 Å². The summed E-state index contributed by atoms with van der Waals surface area (Å²) in [7, 11) is 0. The summed E-state index contributed by atoms with van der Waals surface area (Å²) in [6.07, 6.45) is 0. The molecule has 1 nitrogen and oxygen atoms in total. The van der Waals surface area contributed by atoms with Gasteiger partial charge in [0.25, 0.3) is 0 Å². The third kappa shape index (κ3) is 3.48. The second-order valence-electron chi connectivity index (χ2n) is 4.53. The number of anilines is 1. The summed E-state index contributed by atoms with van der Waals surface area (Å²) in [5.74, 6) is -0.353. The Labute approximate surface area is 125 Å². The van der Waals surface area contributed by atoms with Gasteiger partial charge in [0.15, 0.2) is 0 Å². The Morgan fingerprint density at radius 3 is 2.63 bits per heavy atom. The van der Waals surface area contributed by atoms with Crippen molar-refractivity contribution < 1.29 is 4.39 Å². The quantitative estimate of drug-likeness (QED) is 0.780. The van der Waals surface area contributed by atoms with Crippen molar-refractivity contribution in [2.24, 2.45) is 0 Å². The fourth-order valence-corrected chi connectivity index (χ4v) is 2.84. The van der Waals surface area contributed by atoms with Crippen molar-refractivity contribution in [3.63, 3.8) is 0 Å². The Bertz CT molecular complexity index is 590. The molecule has 0 amide bonds. The normalized spacial score (nSPS) is 10.6. The van der Waals surface area contributed by atoms with Crippen LogP contribution < -0.4 is 5.32 Å². The Balaban J connectivity index is 2.21. The van der Waals surface area contributed by atoms with E-state index in [0.717, 1.165) is 0 Å². The van der Waals surface area contributed by atoms with Gasteiger partial charge in [0.1, 0.15) is 5.82 Å². The molecular formula is C15H14BrClFN. The summed E-state index contributed by atoms with van der Waals surface area (Å²) >= 11 is 9.36. The number of benzene rings is 2. The summed E-state index contributed by atoms with van der Waals surface area (Å²) < 4.78 is 13.8. The molecule has 0 heterocycles. The number of nitrogens with one attached hydrogen (secondary N) is 1. The molecule has 0 aromatic heterocycles. The van der Waals surface area contributed by atoms with Crippen LogP contribution in [0.1, 0.15) is 16.7 Å². The monoisotopic (exact) mass is 341 g/mol. The van der Waals surface area contributed by atoms with Crippen LogP contribution in [0.4, 0.5) is 10.1 Å². The van der Waals surface area contributed by atoms with Gasteiger partial charge in [-0.1, -0.05) is 35.4 Å². The highest BCUT2D eigenvalue weighted by Gasteiger charge is 2.08. The van der Waals surface area contributed by atoms with Gasteiger partial charge in [-0.15, -0.1) is 0 Å². The second-order valence-corrected chi connectivity index (χ2v) is 5.79. The molecule has 0 saturated heterocycles. The maximum Gasteiger partial charge on any atom is 0.125 e. The first-order valence-corrected chi connectivity index (χ1v) is 7.09. The molecule has 0 bridgehead atoms. The van der Waals surface area contributed by atoms with Gasteiger partial charge in [0.05, 0.1) is 10.7 Å². The van der Waals surface area contributed by atoms with Crippen LogP contribution in [0.5, 0.6) is 0 Å². The first kappa shape index (κ1) is 14.4. The maximum atomic E-state index is 13.1. The zero-order chi connectivity index (χ0) is 14.0. The molecule has 0 atom stereocenters. The molecule has 4 heteroatoms. The lowest BCUT2D eigenvalue weighted by atomic mass is 10.1. The number of hydrogen-bond acceptors (Lipinski definition) is 1. The fourth-order valence-electron chi connectivity index (χ4n) is 1.89. The molecule has 2 aromatic rings. The number of rotatable bonds is 3. The summed E-state index contributed by atoms with van der Waals surface area (Å²) in [5.41, 5.74) is 4.34. The van der Waals surface area contributed by atoms with Crippen LogP contribution in [-0.2, 0) is 6.54 Å². The highest BCUT2D eigenvalue weighted by atomic mass is 79.9. The molecule has 1 N–H and O–H groups in total. The topological polar surface area (TPSA) is 12.0 Å². The Kier molecular flexibility index (Phi) is 4.48. The van der Waals surface area contributed by atoms with Crippen molar-refractivity contribution in [3.8, 4) is 0 Å². The van der Waals surface area contributed by atoms with Gasteiger partial charge in [-0.25, -0.2) is 4.39 Å². The molecule has 0 spiro atoms. The van der Waals surface area contributed by atoms with Gasteiger partial charge < -0.3 is 5.32 Å². The molecule has 0 aliphatic carbocycles. The van der Waals surface area contributed by atoms with E-state index in [1.54, 1.807) is 0 Å². The summed E-state index contributed by atoms with van der Waals surface area (Å²) in [5, 5.41) is 3.62. The van der Waals surface area contributed by atoms with Crippen LogP contribution in [-0.4, -0.2) is 0 Å². The van der Waals surface area contributed by atoms with Crippen molar-refractivity contribution in [2.75, 3.05) is 5.32 Å². The van der Waals surface area contributed by atoms with Crippen LogP contribution in [0, 0.1) is 19.7 Å². The lowest BCUT2D eigenvalue weighted by Gasteiger charge is -2.13. The Hall–Kier alpha value is -1.06. The van der Waals surface area contributed by atoms with E-state index in [0.29, 0.717) is 21.7 Å². The predicted octanol–water partition coefficient (Wildman–Crippen LogP) is 5.47. The van der Waals surface area contributed by atoms with Gasteiger partial charge in [-0.05, 0) is 53.0 Å². The molecule has 0 aliphatic rings. The van der Waals surface area contributed by atoms with Crippen LogP contribution in [0.15, 0.2) is 34.8 Å². The summed E-state index contributed by atoms with van der Waals surface area (Å²) in [4.78, 5) is 0. The summed E-state index contributed by atoms with van der Waals surface area (Å²) in [6.45, 7) is 4.78. The van der Waals surface area contributed by atoms with Crippen molar-refractivity contribution in [3.05, 3.63) is 62.3 Å².